The first-order valence-electron chi connectivity index (χ1n) is 7.20. The topological polar surface area (TPSA) is 55.6 Å². The Labute approximate surface area is 128 Å². The maximum Gasteiger partial charge on any atom is 0.271 e. The lowest BCUT2D eigenvalue weighted by molar-refractivity contribution is 0.0946. The van der Waals surface area contributed by atoms with Crippen molar-refractivity contribution in [3.8, 4) is 5.75 Å². The Balaban J connectivity index is 1.68. The minimum Gasteiger partial charge on any atom is -0.494 e. The molecular formula is C17H17N3O2. The smallest absolute Gasteiger partial charge is 0.271 e. The fourth-order valence-electron chi connectivity index (χ4n) is 2.23. The number of ether oxygens (including phenoxy) is 1. The van der Waals surface area contributed by atoms with E-state index in [1.807, 2.05) is 60.0 Å². The van der Waals surface area contributed by atoms with Crippen LogP contribution in [-0.4, -0.2) is 21.9 Å². The van der Waals surface area contributed by atoms with Crippen LogP contribution in [0.1, 0.15) is 23.0 Å². The second kappa shape index (κ2) is 6.30. The highest BCUT2D eigenvalue weighted by atomic mass is 16.5. The molecule has 0 radical (unpaired) electrons. The van der Waals surface area contributed by atoms with Crippen LogP contribution in [0.3, 0.4) is 0 Å². The van der Waals surface area contributed by atoms with E-state index in [0.29, 0.717) is 18.8 Å². The summed E-state index contributed by atoms with van der Waals surface area (Å²) in [7, 11) is 0. The molecular weight excluding hydrogens is 278 g/mol. The van der Waals surface area contributed by atoms with Crippen molar-refractivity contribution in [1.29, 1.82) is 0 Å². The largest absolute Gasteiger partial charge is 0.494 e. The number of carbonyl (C=O) groups excluding carboxylic acids is 1. The van der Waals surface area contributed by atoms with Crippen LogP contribution in [0.25, 0.3) is 5.65 Å². The first kappa shape index (κ1) is 14.1. The Kier molecular flexibility index (Phi) is 4.05. The summed E-state index contributed by atoms with van der Waals surface area (Å²) in [5, 5.41) is 2.88. The van der Waals surface area contributed by atoms with Gasteiger partial charge in [0.15, 0.2) is 0 Å². The minimum atomic E-state index is -0.189. The molecule has 2 heterocycles. The van der Waals surface area contributed by atoms with Crippen LogP contribution in [0.15, 0.2) is 54.9 Å². The average molecular weight is 295 g/mol. The van der Waals surface area contributed by atoms with E-state index in [1.54, 1.807) is 6.20 Å². The Hall–Kier alpha value is -2.82. The van der Waals surface area contributed by atoms with E-state index in [9.17, 15) is 4.79 Å². The summed E-state index contributed by atoms with van der Waals surface area (Å²) in [5.74, 6) is 0.618. The number of nitrogens with one attached hydrogen (secondary N) is 1. The van der Waals surface area contributed by atoms with E-state index in [2.05, 4.69) is 10.3 Å². The summed E-state index contributed by atoms with van der Waals surface area (Å²) < 4.78 is 7.27. The van der Waals surface area contributed by atoms with Gasteiger partial charge in [-0.2, -0.15) is 0 Å². The van der Waals surface area contributed by atoms with Crippen molar-refractivity contribution in [3.05, 3.63) is 66.1 Å². The molecule has 1 aromatic carbocycles. The summed E-state index contributed by atoms with van der Waals surface area (Å²) in [6.45, 7) is 3.00. The lowest BCUT2D eigenvalue weighted by Gasteiger charge is -2.06. The zero-order valence-corrected chi connectivity index (χ0v) is 12.3. The van der Waals surface area contributed by atoms with Gasteiger partial charge in [0.1, 0.15) is 17.1 Å². The normalized spacial score (nSPS) is 10.6. The van der Waals surface area contributed by atoms with Gasteiger partial charge in [0.05, 0.1) is 6.61 Å². The summed E-state index contributed by atoms with van der Waals surface area (Å²) in [4.78, 5) is 16.5. The number of hydrogen-bond donors (Lipinski definition) is 1. The molecule has 2 aromatic heterocycles. The number of fused-ring (bicyclic) bond motifs is 1. The number of rotatable bonds is 5. The predicted octanol–water partition coefficient (Wildman–Crippen LogP) is 2.66. The van der Waals surface area contributed by atoms with Crippen molar-refractivity contribution in [2.75, 3.05) is 6.61 Å². The molecule has 1 amide bonds. The Bertz CT molecular complexity index is 762. The number of pyridine rings is 1. The van der Waals surface area contributed by atoms with Crippen LogP contribution in [0.2, 0.25) is 0 Å². The summed E-state index contributed by atoms with van der Waals surface area (Å²) in [5.41, 5.74) is 2.15. The van der Waals surface area contributed by atoms with E-state index in [1.165, 1.54) is 0 Å². The predicted molar refractivity (Wildman–Crippen MR) is 84.0 cm³/mol. The Morgan fingerprint density at radius 3 is 3.00 bits per heavy atom. The van der Waals surface area contributed by atoms with Gasteiger partial charge >= 0.3 is 0 Å². The standard InChI is InChI=1S/C17H17N3O2/c1-2-22-14-7-5-6-13(10-14)11-18-17(21)15-12-20-9-4-3-8-16(20)19-15/h3-10,12H,2,11H2,1H3,(H,18,21). The van der Waals surface area contributed by atoms with Crippen molar-refractivity contribution in [2.24, 2.45) is 0 Å². The van der Waals surface area contributed by atoms with Gasteiger partial charge in [-0.25, -0.2) is 4.98 Å². The van der Waals surface area contributed by atoms with E-state index in [4.69, 9.17) is 4.74 Å². The fourth-order valence-corrected chi connectivity index (χ4v) is 2.23. The van der Waals surface area contributed by atoms with Crippen LogP contribution < -0.4 is 10.1 Å². The quantitative estimate of drug-likeness (QED) is 0.787. The average Bonchev–Trinajstić information content (AvgIpc) is 2.97. The first-order valence-corrected chi connectivity index (χ1v) is 7.20. The van der Waals surface area contributed by atoms with Crippen molar-refractivity contribution in [3.63, 3.8) is 0 Å². The van der Waals surface area contributed by atoms with Gasteiger partial charge in [-0.15, -0.1) is 0 Å². The zero-order valence-electron chi connectivity index (χ0n) is 12.3. The molecule has 5 heteroatoms. The summed E-state index contributed by atoms with van der Waals surface area (Å²) in [6.07, 6.45) is 3.59. The molecule has 0 fully saturated rings. The maximum atomic E-state index is 12.2. The molecule has 1 N–H and O–H groups in total. The molecule has 3 rings (SSSR count). The number of amides is 1. The number of nitrogens with zero attached hydrogens (tertiary/aromatic N) is 2. The van der Waals surface area contributed by atoms with Gasteiger partial charge in [-0.05, 0) is 36.8 Å². The van der Waals surface area contributed by atoms with Gasteiger partial charge in [0, 0.05) is 18.9 Å². The second-order valence-corrected chi connectivity index (χ2v) is 4.86. The van der Waals surface area contributed by atoms with Crippen LogP contribution in [0.4, 0.5) is 0 Å². The van der Waals surface area contributed by atoms with Crippen LogP contribution in [0, 0.1) is 0 Å². The number of imidazole rings is 1. The first-order chi connectivity index (χ1) is 10.8. The SMILES string of the molecule is CCOc1cccc(CNC(=O)c2cn3ccccc3n2)c1. The number of carbonyl (C=O) groups is 1. The zero-order chi connectivity index (χ0) is 15.4. The molecule has 0 atom stereocenters. The molecule has 22 heavy (non-hydrogen) atoms. The highest BCUT2D eigenvalue weighted by molar-refractivity contribution is 5.92. The van der Waals surface area contributed by atoms with Crippen molar-refractivity contribution in [1.82, 2.24) is 14.7 Å². The summed E-state index contributed by atoms with van der Waals surface area (Å²) >= 11 is 0. The number of aromatic nitrogens is 2. The third-order valence-electron chi connectivity index (χ3n) is 3.26. The van der Waals surface area contributed by atoms with Crippen LogP contribution >= 0.6 is 0 Å². The number of benzene rings is 1. The fraction of sp³-hybridized carbons (Fsp3) is 0.176. The molecule has 0 spiro atoms. The maximum absolute atomic E-state index is 12.2. The van der Waals surface area contributed by atoms with E-state index in [-0.39, 0.29) is 5.91 Å². The van der Waals surface area contributed by atoms with Crippen molar-refractivity contribution >= 4 is 11.6 Å². The van der Waals surface area contributed by atoms with Gasteiger partial charge in [-0.3, -0.25) is 4.79 Å². The molecule has 5 nitrogen and oxygen atoms in total. The molecule has 3 aromatic rings. The molecule has 0 aliphatic heterocycles. The molecule has 0 unspecified atom stereocenters. The molecule has 0 saturated heterocycles. The van der Waals surface area contributed by atoms with E-state index >= 15 is 0 Å². The number of hydrogen-bond acceptors (Lipinski definition) is 3. The monoisotopic (exact) mass is 295 g/mol. The minimum absolute atomic E-state index is 0.189. The molecule has 0 saturated carbocycles. The molecule has 0 aliphatic carbocycles. The molecule has 0 aliphatic rings. The third-order valence-corrected chi connectivity index (χ3v) is 3.26. The highest BCUT2D eigenvalue weighted by Gasteiger charge is 2.10. The Morgan fingerprint density at radius 1 is 1.27 bits per heavy atom. The van der Waals surface area contributed by atoms with Crippen molar-refractivity contribution < 1.29 is 9.53 Å². The summed E-state index contributed by atoms with van der Waals surface area (Å²) in [6, 6.07) is 13.3. The lowest BCUT2D eigenvalue weighted by Crippen LogP contribution is -2.23. The van der Waals surface area contributed by atoms with E-state index in [0.717, 1.165) is 17.0 Å². The van der Waals surface area contributed by atoms with Gasteiger partial charge in [0.25, 0.3) is 5.91 Å². The Morgan fingerprint density at radius 2 is 2.18 bits per heavy atom. The van der Waals surface area contributed by atoms with Crippen molar-refractivity contribution in [2.45, 2.75) is 13.5 Å². The molecule has 112 valence electrons. The second-order valence-electron chi connectivity index (χ2n) is 4.86. The van der Waals surface area contributed by atoms with Crippen LogP contribution in [-0.2, 0) is 6.54 Å². The van der Waals surface area contributed by atoms with Gasteiger partial charge in [0.2, 0.25) is 0 Å². The lowest BCUT2D eigenvalue weighted by atomic mass is 10.2. The van der Waals surface area contributed by atoms with Gasteiger partial charge < -0.3 is 14.5 Å². The highest BCUT2D eigenvalue weighted by Crippen LogP contribution is 2.13. The van der Waals surface area contributed by atoms with Gasteiger partial charge in [-0.1, -0.05) is 18.2 Å². The van der Waals surface area contributed by atoms with E-state index < -0.39 is 0 Å². The third kappa shape index (κ3) is 3.09. The van der Waals surface area contributed by atoms with Crippen LogP contribution in [0.5, 0.6) is 5.75 Å². The molecule has 0 bridgehead atoms.